The predicted molar refractivity (Wildman–Crippen MR) is 94.9 cm³/mol. The molecule has 1 N–H and O–H groups in total. The zero-order valence-corrected chi connectivity index (χ0v) is 14.7. The molecule has 1 aliphatic heterocycles. The Hall–Kier alpha value is -2.83. The highest BCUT2D eigenvalue weighted by Crippen LogP contribution is 2.35. The molecule has 1 unspecified atom stereocenters. The van der Waals surface area contributed by atoms with Gasteiger partial charge in [-0.1, -0.05) is 25.1 Å². The van der Waals surface area contributed by atoms with Crippen molar-refractivity contribution in [3.8, 4) is 0 Å². The van der Waals surface area contributed by atoms with E-state index >= 15 is 0 Å². The lowest BCUT2D eigenvalue weighted by molar-refractivity contribution is -0.115. The van der Waals surface area contributed by atoms with E-state index in [1.807, 2.05) is 18.2 Å². The van der Waals surface area contributed by atoms with Gasteiger partial charge in [-0.25, -0.2) is 4.79 Å². The minimum absolute atomic E-state index is 0.196. The number of amides is 1. The Kier molecular flexibility index (Phi) is 4.74. The Morgan fingerprint density at radius 1 is 1.36 bits per heavy atom. The van der Waals surface area contributed by atoms with Crippen LogP contribution in [0.5, 0.6) is 0 Å². The van der Waals surface area contributed by atoms with E-state index in [-0.39, 0.29) is 24.6 Å². The number of para-hydroxylation sites is 1. The highest BCUT2D eigenvalue weighted by atomic mass is 16.5. The first-order valence-electron chi connectivity index (χ1n) is 8.34. The van der Waals surface area contributed by atoms with E-state index in [9.17, 15) is 9.59 Å². The van der Waals surface area contributed by atoms with E-state index in [0.29, 0.717) is 11.7 Å². The molecule has 0 aliphatic carbocycles. The number of carbonyl (C=O) groups is 2. The second kappa shape index (κ2) is 6.96. The van der Waals surface area contributed by atoms with Gasteiger partial charge in [-0.15, -0.1) is 0 Å². The summed E-state index contributed by atoms with van der Waals surface area (Å²) < 4.78 is 6.47. The van der Waals surface area contributed by atoms with Crippen molar-refractivity contribution in [3.05, 3.63) is 41.6 Å². The molecule has 0 radical (unpaired) electrons. The largest absolute Gasteiger partial charge is 0.462 e. The Bertz CT molecular complexity index is 799. The third-order valence-corrected chi connectivity index (χ3v) is 4.33. The molecular weight excluding hydrogens is 320 g/mol. The number of hydrogen-bond donors (Lipinski definition) is 1. The minimum Gasteiger partial charge on any atom is -0.462 e. The van der Waals surface area contributed by atoms with Crippen LogP contribution in [0.15, 0.2) is 30.5 Å². The predicted octanol–water partition coefficient (Wildman–Crippen LogP) is 2.16. The second-order valence-electron chi connectivity index (χ2n) is 6.14. The van der Waals surface area contributed by atoms with Gasteiger partial charge in [-0.05, 0) is 18.6 Å². The number of benzene rings is 1. The zero-order chi connectivity index (χ0) is 18.0. The van der Waals surface area contributed by atoms with Gasteiger partial charge in [0.05, 0.1) is 19.3 Å². The maximum absolute atomic E-state index is 12.5. The van der Waals surface area contributed by atoms with Crippen molar-refractivity contribution < 1.29 is 14.3 Å². The van der Waals surface area contributed by atoms with Crippen LogP contribution in [0.2, 0.25) is 0 Å². The van der Waals surface area contributed by atoms with Gasteiger partial charge in [-0.2, -0.15) is 5.10 Å². The van der Waals surface area contributed by atoms with E-state index in [4.69, 9.17) is 4.74 Å². The normalized spacial score (nSPS) is 15.8. The second-order valence-corrected chi connectivity index (χ2v) is 6.14. The highest BCUT2D eigenvalue weighted by molar-refractivity contribution is 6.01. The van der Waals surface area contributed by atoms with Crippen LogP contribution in [0, 0.1) is 0 Å². The standard InChI is InChI=1S/C18H22N4O3/c1-4-25-18(24)14-9-19-21(3)17(14)20-16(23)11-22-10-12(2)13-7-5-6-8-15(13)22/h5-9,12H,4,10-11H2,1-3H3,(H,20,23). The van der Waals surface area contributed by atoms with Gasteiger partial charge in [0.2, 0.25) is 5.91 Å². The van der Waals surface area contributed by atoms with E-state index < -0.39 is 5.97 Å². The van der Waals surface area contributed by atoms with Crippen molar-refractivity contribution in [1.82, 2.24) is 9.78 Å². The summed E-state index contributed by atoms with van der Waals surface area (Å²) in [5.41, 5.74) is 2.59. The van der Waals surface area contributed by atoms with Crippen LogP contribution in [0.1, 0.15) is 35.7 Å². The molecule has 3 rings (SSSR count). The van der Waals surface area contributed by atoms with E-state index in [2.05, 4.69) is 28.3 Å². The van der Waals surface area contributed by atoms with Gasteiger partial charge < -0.3 is 15.0 Å². The number of aryl methyl sites for hydroxylation is 1. The fourth-order valence-corrected chi connectivity index (χ4v) is 3.16. The molecule has 1 aliphatic rings. The van der Waals surface area contributed by atoms with Crippen LogP contribution in [-0.4, -0.2) is 41.4 Å². The number of aromatic nitrogens is 2. The minimum atomic E-state index is -0.494. The van der Waals surface area contributed by atoms with Gasteiger partial charge in [0.1, 0.15) is 11.4 Å². The first kappa shape index (κ1) is 17.0. The third-order valence-electron chi connectivity index (χ3n) is 4.33. The van der Waals surface area contributed by atoms with E-state index in [1.54, 1.807) is 14.0 Å². The maximum Gasteiger partial charge on any atom is 0.343 e. The molecule has 0 saturated heterocycles. The molecule has 7 nitrogen and oxygen atoms in total. The molecular formula is C18H22N4O3. The Morgan fingerprint density at radius 3 is 2.88 bits per heavy atom. The van der Waals surface area contributed by atoms with Crippen LogP contribution in [0.25, 0.3) is 0 Å². The number of hydrogen-bond acceptors (Lipinski definition) is 5. The van der Waals surface area contributed by atoms with Gasteiger partial charge in [0.15, 0.2) is 0 Å². The van der Waals surface area contributed by atoms with E-state index in [0.717, 1.165) is 12.2 Å². The summed E-state index contributed by atoms with van der Waals surface area (Å²) in [6, 6.07) is 8.11. The number of ether oxygens (including phenoxy) is 1. The number of carbonyl (C=O) groups excluding carboxylic acids is 2. The number of nitrogens with one attached hydrogen (secondary N) is 1. The Balaban J connectivity index is 1.72. The average molecular weight is 342 g/mol. The van der Waals surface area contributed by atoms with Gasteiger partial charge in [-0.3, -0.25) is 9.48 Å². The summed E-state index contributed by atoms with van der Waals surface area (Å²) in [6.07, 6.45) is 1.40. The van der Waals surface area contributed by atoms with Crippen molar-refractivity contribution in [1.29, 1.82) is 0 Å². The number of nitrogens with zero attached hydrogens (tertiary/aromatic N) is 3. The molecule has 1 aromatic heterocycles. The number of anilines is 2. The smallest absolute Gasteiger partial charge is 0.343 e. The molecule has 0 fully saturated rings. The SMILES string of the molecule is CCOC(=O)c1cnn(C)c1NC(=O)CN1CC(C)c2ccccc21. The summed E-state index contributed by atoms with van der Waals surface area (Å²) in [5, 5.41) is 6.83. The summed E-state index contributed by atoms with van der Waals surface area (Å²) in [5.74, 6) is 0.0452. The summed E-state index contributed by atoms with van der Waals surface area (Å²) in [6.45, 7) is 5.16. The Labute approximate surface area is 146 Å². The molecule has 132 valence electrons. The van der Waals surface area contributed by atoms with Crippen molar-refractivity contribution in [3.63, 3.8) is 0 Å². The summed E-state index contributed by atoms with van der Waals surface area (Å²) >= 11 is 0. The summed E-state index contributed by atoms with van der Waals surface area (Å²) in [4.78, 5) is 26.5. The molecule has 2 heterocycles. The van der Waals surface area contributed by atoms with Crippen LogP contribution in [0.4, 0.5) is 11.5 Å². The van der Waals surface area contributed by atoms with Crippen molar-refractivity contribution >= 4 is 23.4 Å². The fraction of sp³-hybridized carbons (Fsp3) is 0.389. The topological polar surface area (TPSA) is 76.5 Å². The molecule has 1 amide bonds. The number of rotatable bonds is 5. The van der Waals surface area contributed by atoms with E-state index in [1.165, 1.54) is 16.4 Å². The lowest BCUT2D eigenvalue weighted by Gasteiger charge is -2.19. The zero-order valence-electron chi connectivity index (χ0n) is 14.7. The number of esters is 1. The van der Waals surface area contributed by atoms with Gasteiger partial charge in [0, 0.05) is 25.2 Å². The van der Waals surface area contributed by atoms with Crippen LogP contribution in [0.3, 0.4) is 0 Å². The molecule has 0 bridgehead atoms. The lowest BCUT2D eigenvalue weighted by Crippen LogP contribution is -2.33. The average Bonchev–Trinajstić information content (AvgIpc) is 3.09. The molecule has 2 aromatic rings. The van der Waals surface area contributed by atoms with Crippen molar-refractivity contribution in [2.75, 3.05) is 29.9 Å². The Morgan fingerprint density at radius 2 is 2.12 bits per heavy atom. The van der Waals surface area contributed by atoms with Crippen molar-refractivity contribution in [2.24, 2.45) is 7.05 Å². The van der Waals surface area contributed by atoms with Crippen LogP contribution in [-0.2, 0) is 16.6 Å². The van der Waals surface area contributed by atoms with Gasteiger partial charge >= 0.3 is 5.97 Å². The molecule has 0 spiro atoms. The first-order chi connectivity index (χ1) is 12.0. The maximum atomic E-state index is 12.5. The van der Waals surface area contributed by atoms with Crippen LogP contribution < -0.4 is 10.2 Å². The molecule has 1 atom stereocenters. The summed E-state index contributed by atoms with van der Waals surface area (Å²) in [7, 11) is 1.67. The highest BCUT2D eigenvalue weighted by Gasteiger charge is 2.27. The molecule has 1 aromatic carbocycles. The van der Waals surface area contributed by atoms with Gasteiger partial charge in [0.25, 0.3) is 0 Å². The molecule has 25 heavy (non-hydrogen) atoms. The van der Waals surface area contributed by atoms with Crippen LogP contribution >= 0.6 is 0 Å². The van der Waals surface area contributed by atoms with Crippen molar-refractivity contribution in [2.45, 2.75) is 19.8 Å². The monoisotopic (exact) mass is 342 g/mol. The third kappa shape index (κ3) is 3.35. The molecule has 7 heteroatoms. The quantitative estimate of drug-likeness (QED) is 0.843. The molecule has 0 saturated carbocycles. The lowest BCUT2D eigenvalue weighted by atomic mass is 10.0. The first-order valence-corrected chi connectivity index (χ1v) is 8.34. The number of fused-ring (bicyclic) bond motifs is 1. The fourth-order valence-electron chi connectivity index (χ4n) is 3.16.